The molecule has 1 heterocycles. The van der Waals surface area contributed by atoms with Gasteiger partial charge in [0.1, 0.15) is 0 Å². The molecule has 1 unspecified atom stereocenters. The Hall–Kier alpha value is -1.32. The van der Waals surface area contributed by atoms with E-state index in [2.05, 4.69) is 31.1 Å². The second-order valence-electron chi connectivity index (χ2n) is 5.80. The summed E-state index contributed by atoms with van der Waals surface area (Å²) in [5, 5.41) is 3.18. The molecule has 0 bridgehead atoms. The molecule has 0 aliphatic carbocycles. The molecule has 0 aliphatic heterocycles. The summed E-state index contributed by atoms with van der Waals surface area (Å²) >= 11 is 0. The average molecular weight is 237 g/mol. The molecule has 0 spiro atoms. The van der Waals surface area contributed by atoms with E-state index in [4.69, 9.17) is 0 Å². The van der Waals surface area contributed by atoms with Crippen molar-refractivity contribution < 1.29 is 0 Å². The number of hydrogen-bond donors (Lipinski definition) is 1. The topological polar surface area (TPSA) is 46.9 Å². The standard InChI is InChI=1S/C13H23N3O/c1-9(2)10(3)15-11-12(17)16(8-7-14-11)13(4,5)6/h7-10H,1-6H3,(H,14,15). The van der Waals surface area contributed by atoms with Crippen LogP contribution < -0.4 is 10.9 Å². The van der Waals surface area contributed by atoms with Crippen LogP contribution in [0.25, 0.3) is 0 Å². The molecule has 0 radical (unpaired) electrons. The van der Waals surface area contributed by atoms with Gasteiger partial charge in [-0.2, -0.15) is 0 Å². The first-order valence-electron chi connectivity index (χ1n) is 6.08. The van der Waals surface area contributed by atoms with Gasteiger partial charge in [0.2, 0.25) is 0 Å². The molecule has 1 atom stereocenters. The highest BCUT2D eigenvalue weighted by atomic mass is 16.1. The highest BCUT2D eigenvalue weighted by Crippen LogP contribution is 2.12. The van der Waals surface area contributed by atoms with Gasteiger partial charge in [-0.25, -0.2) is 4.98 Å². The molecule has 0 amide bonds. The maximum absolute atomic E-state index is 12.2. The van der Waals surface area contributed by atoms with Crippen LogP contribution in [0.5, 0.6) is 0 Å². The third-order valence-electron chi connectivity index (χ3n) is 2.93. The third kappa shape index (κ3) is 3.32. The largest absolute Gasteiger partial charge is 0.363 e. The molecule has 4 heteroatoms. The van der Waals surface area contributed by atoms with Crippen LogP contribution >= 0.6 is 0 Å². The van der Waals surface area contributed by atoms with Crippen molar-refractivity contribution in [3.8, 4) is 0 Å². The number of anilines is 1. The molecule has 96 valence electrons. The van der Waals surface area contributed by atoms with Crippen LogP contribution in [0, 0.1) is 5.92 Å². The molecule has 0 fully saturated rings. The maximum atomic E-state index is 12.2. The van der Waals surface area contributed by atoms with Gasteiger partial charge in [0, 0.05) is 24.0 Å². The summed E-state index contributed by atoms with van der Waals surface area (Å²) in [6.07, 6.45) is 3.40. The second kappa shape index (κ2) is 4.90. The van der Waals surface area contributed by atoms with Gasteiger partial charge in [-0.3, -0.25) is 4.79 Å². The van der Waals surface area contributed by atoms with E-state index in [1.165, 1.54) is 0 Å². The van der Waals surface area contributed by atoms with Gasteiger partial charge in [-0.05, 0) is 33.6 Å². The smallest absolute Gasteiger partial charge is 0.293 e. The first-order chi connectivity index (χ1) is 7.73. The maximum Gasteiger partial charge on any atom is 0.293 e. The minimum absolute atomic E-state index is 0.0625. The van der Waals surface area contributed by atoms with Gasteiger partial charge in [0.05, 0.1) is 0 Å². The van der Waals surface area contributed by atoms with E-state index in [9.17, 15) is 4.79 Å². The van der Waals surface area contributed by atoms with Crippen LogP contribution in [0.3, 0.4) is 0 Å². The van der Waals surface area contributed by atoms with Crippen molar-refractivity contribution in [2.75, 3.05) is 5.32 Å². The molecule has 4 nitrogen and oxygen atoms in total. The lowest BCUT2D eigenvalue weighted by Gasteiger charge is -2.24. The van der Waals surface area contributed by atoms with Crippen molar-refractivity contribution in [2.24, 2.45) is 5.92 Å². The predicted octanol–water partition coefficient (Wildman–Crippen LogP) is 2.45. The van der Waals surface area contributed by atoms with Crippen molar-refractivity contribution in [2.45, 2.75) is 53.1 Å². The van der Waals surface area contributed by atoms with Crippen molar-refractivity contribution in [3.63, 3.8) is 0 Å². The molecule has 1 aromatic rings. The summed E-state index contributed by atoms with van der Waals surface area (Å²) in [5.74, 6) is 0.892. The summed E-state index contributed by atoms with van der Waals surface area (Å²) in [7, 11) is 0. The Kier molecular flexibility index (Phi) is 3.96. The molecule has 1 aromatic heterocycles. The van der Waals surface area contributed by atoms with Crippen LogP contribution in [-0.4, -0.2) is 15.6 Å². The van der Waals surface area contributed by atoms with E-state index in [1.54, 1.807) is 17.0 Å². The zero-order valence-electron chi connectivity index (χ0n) is 11.6. The van der Waals surface area contributed by atoms with E-state index >= 15 is 0 Å². The molecule has 0 saturated heterocycles. The number of rotatable bonds is 3. The molecule has 0 aliphatic rings. The van der Waals surface area contributed by atoms with E-state index < -0.39 is 0 Å². The number of nitrogens with zero attached hydrogens (tertiary/aromatic N) is 2. The summed E-state index contributed by atoms with van der Waals surface area (Å²) < 4.78 is 1.70. The van der Waals surface area contributed by atoms with E-state index in [-0.39, 0.29) is 17.1 Å². The molecule has 17 heavy (non-hydrogen) atoms. The highest BCUT2D eigenvalue weighted by molar-refractivity contribution is 5.32. The first kappa shape index (κ1) is 13.7. The quantitative estimate of drug-likeness (QED) is 0.878. The molecular formula is C13H23N3O. The van der Waals surface area contributed by atoms with E-state index in [0.29, 0.717) is 11.7 Å². The lowest BCUT2D eigenvalue weighted by Crippen LogP contribution is -2.36. The Balaban J connectivity index is 3.08. The third-order valence-corrected chi connectivity index (χ3v) is 2.93. The number of nitrogens with one attached hydrogen (secondary N) is 1. The fourth-order valence-corrected chi connectivity index (χ4v) is 1.42. The molecule has 1 N–H and O–H groups in total. The Bertz CT molecular complexity index is 429. The fourth-order valence-electron chi connectivity index (χ4n) is 1.42. The van der Waals surface area contributed by atoms with Crippen LogP contribution in [0.1, 0.15) is 41.5 Å². The molecule has 1 rings (SSSR count). The molecular weight excluding hydrogens is 214 g/mol. The minimum Gasteiger partial charge on any atom is -0.363 e. The first-order valence-corrected chi connectivity index (χ1v) is 6.08. The van der Waals surface area contributed by atoms with Crippen LogP contribution in [0.2, 0.25) is 0 Å². The van der Waals surface area contributed by atoms with Crippen LogP contribution in [0.4, 0.5) is 5.82 Å². The van der Waals surface area contributed by atoms with Gasteiger partial charge in [-0.1, -0.05) is 13.8 Å². The summed E-state index contributed by atoms with van der Waals surface area (Å²) in [4.78, 5) is 16.3. The highest BCUT2D eigenvalue weighted by Gasteiger charge is 2.17. The van der Waals surface area contributed by atoms with Crippen molar-refractivity contribution in [1.82, 2.24) is 9.55 Å². The van der Waals surface area contributed by atoms with Gasteiger partial charge in [0.25, 0.3) is 5.56 Å². The van der Waals surface area contributed by atoms with Gasteiger partial charge in [-0.15, -0.1) is 0 Å². The van der Waals surface area contributed by atoms with Crippen molar-refractivity contribution in [1.29, 1.82) is 0 Å². The monoisotopic (exact) mass is 237 g/mol. The van der Waals surface area contributed by atoms with E-state index in [1.807, 2.05) is 20.8 Å². The Morgan fingerprint density at radius 1 is 1.29 bits per heavy atom. The lowest BCUT2D eigenvalue weighted by atomic mass is 10.1. The van der Waals surface area contributed by atoms with Gasteiger partial charge < -0.3 is 9.88 Å². The minimum atomic E-state index is -0.225. The Morgan fingerprint density at radius 2 is 1.88 bits per heavy atom. The Labute approximate surface area is 103 Å². The van der Waals surface area contributed by atoms with Gasteiger partial charge >= 0.3 is 0 Å². The van der Waals surface area contributed by atoms with Crippen molar-refractivity contribution >= 4 is 5.82 Å². The zero-order valence-corrected chi connectivity index (χ0v) is 11.6. The zero-order chi connectivity index (χ0) is 13.2. The molecule has 0 saturated carbocycles. The number of hydrogen-bond acceptors (Lipinski definition) is 3. The van der Waals surface area contributed by atoms with Crippen LogP contribution in [0.15, 0.2) is 17.2 Å². The molecule has 0 aromatic carbocycles. The Morgan fingerprint density at radius 3 is 2.35 bits per heavy atom. The SMILES string of the molecule is CC(C)C(C)Nc1nccn(C(C)(C)C)c1=O. The number of aromatic nitrogens is 2. The second-order valence-corrected chi connectivity index (χ2v) is 5.80. The summed E-state index contributed by atoms with van der Waals surface area (Å²) in [6, 6.07) is 0.228. The van der Waals surface area contributed by atoms with Crippen molar-refractivity contribution in [3.05, 3.63) is 22.7 Å². The summed E-state index contributed by atoms with van der Waals surface area (Å²) in [5.41, 5.74) is -0.287. The normalized spacial score (nSPS) is 13.8. The fraction of sp³-hybridized carbons (Fsp3) is 0.692. The lowest BCUT2D eigenvalue weighted by molar-refractivity contribution is 0.382. The summed E-state index contributed by atoms with van der Waals surface area (Å²) in [6.45, 7) is 12.3. The average Bonchev–Trinajstić information content (AvgIpc) is 2.19. The predicted molar refractivity (Wildman–Crippen MR) is 71.4 cm³/mol. The van der Waals surface area contributed by atoms with E-state index in [0.717, 1.165) is 0 Å². The van der Waals surface area contributed by atoms with Gasteiger partial charge in [0.15, 0.2) is 5.82 Å². The van der Waals surface area contributed by atoms with Crippen LogP contribution in [-0.2, 0) is 5.54 Å².